The summed E-state index contributed by atoms with van der Waals surface area (Å²) in [5, 5.41) is 14.1. The van der Waals surface area contributed by atoms with Crippen molar-refractivity contribution >= 4 is 51.5 Å². The van der Waals surface area contributed by atoms with Crippen LogP contribution in [0.2, 0.25) is 5.02 Å². The van der Waals surface area contributed by atoms with Gasteiger partial charge in [0.2, 0.25) is 5.91 Å². The van der Waals surface area contributed by atoms with Crippen molar-refractivity contribution in [1.29, 1.82) is 0 Å². The predicted molar refractivity (Wildman–Crippen MR) is 127 cm³/mol. The van der Waals surface area contributed by atoms with Gasteiger partial charge in [0, 0.05) is 18.7 Å². The van der Waals surface area contributed by atoms with Crippen LogP contribution in [0.25, 0.3) is 10.9 Å². The number of benzene rings is 2. The molecule has 1 aliphatic heterocycles. The molecule has 11 heteroatoms. The number of hydrogen-bond acceptors (Lipinski definition) is 7. The number of amides is 1. The van der Waals surface area contributed by atoms with E-state index < -0.39 is 16.1 Å². The molecule has 0 spiro atoms. The van der Waals surface area contributed by atoms with Crippen LogP contribution in [0.5, 0.6) is 0 Å². The van der Waals surface area contributed by atoms with Crippen molar-refractivity contribution in [2.24, 2.45) is 0 Å². The molecule has 1 aliphatic rings. The van der Waals surface area contributed by atoms with Crippen LogP contribution in [-0.4, -0.2) is 38.3 Å². The zero-order valence-corrected chi connectivity index (χ0v) is 19.3. The number of hydrogen-bond donors (Lipinski definition) is 1. The average Bonchev–Trinajstić information content (AvgIpc) is 3.31. The summed E-state index contributed by atoms with van der Waals surface area (Å²) in [4.78, 5) is 41.2. The minimum atomic E-state index is -0.663. The Balaban J connectivity index is 1.61. The quantitative estimate of drug-likeness (QED) is 0.228. The van der Waals surface area contributed by atoms with Gasteiger partial charge in [-0.2, -0.15) is 0 Å². The smallest absolute Gasteiger partial charge is 0.271 e. The van der Waals surface area contributed by atoms with E-state index in [2.05, 4.69) is 10.3 Å². The molecule has 4 rings (SSSR count). The second-order valence-corrected chi connectivity index (χ2v) is 9.35. The maximum Gasteiger partial charge on any atom is 0.271 e. The number of anilines is 1. The minimum absolute atomic E-state index is 0.0854. The van der Waals surface area contributed by atoms with Gasteiger partial charge in [0.15, 0.2) is 5.16 Å². The molecule has 2 unspecified atom stereocenters. The van der Waals surface area contributed by atoms with Crippen molar-refractivity contribution in [2.75, 3.05) is 11.9 Å². The fourth-order valence-electron chi connectivity index (χ4n) is 3.56. The average molecular weight is 489 g/mol. The lowest BCUT2D eigenvalue weighted by molar-refractivity contribution is -0.384. The topological polar surface area (TPSA) is 116 Å². The monoisotopic (exact) mass is 488 g/mol. The molecule has 3 aromatic rings. The lowest BCUT2D eigenvalue weighted by Gasteiger charge is -2.18. The number of non-ortho nitro benzene ring substituents is 1. The van der Waals surface area contributed by atoms with Crippen LogP contribution in [0.4, 0.5) is 11.4 Å². The first kappa shape index (κ1) is 23.2. The van der Waals surface area contributed by atoms with Crippen molar-refractivity contribution < 1.29 is 14.5 Å². The molecule has 1 amide bonds. The van der Waals surface area contributed by atoms with Crippen LogP contribution in [-0.2, 0) is 16.1 Å². The van der Waals surface area contributed by atoms with Gasteiger partial charge in [-0.05, 0) is 38.0 Å². The molecule has 1 aromatic heterocycles. The number of aromatic nitrogens is 2. The van der Waals surface area contributed by atoms with Gasteiger partial charge < -0.3 is 10.1 Å². The molecular weight excluding hydrogens is 468 g/mol. The molecule has 1 N–H and O–H groups in total. The first-order valence-corrected chi connectivity index (χ1v) is 11.6. The second kappa shape index (κ2) is 9.90. The van der Waals surface area contributed by atoms with Crippen molar-refractivity contribution in [3.05, 3.63) is 68.0 Å². The normalized spacial score (nSPS) is 16.6. The Hall–Kier alpha value is -2.95. The van der Waals surface area contributed by atoms with E-state index >= 15 is 0 Å². The molecule has 33 heavy (non-hydrogen) atoms. The van der Waals surface area contributed by atoms with Crippen molar-refractivity contribution in [1.82, 2.24) is 9.55 Å². The van der Waals surface area contributed by atoms with Crippen LogP contribution >= 0.6 is 23.4 Å². The van der Waals surface area contributed by atoms with Gasteiger partial charge in [0.05, 0.1) is 44.4 Å². The van der Waals surface area contributed by atoms with Crippen LogP contribution in [0.1, 0.15) is 19.8 Å². The molecule has 2 heterocycles. The van der Waals surface area contributed by atoms with Gasteiger partial charge in [-0.25, -0.2) is 4.98 Å². The molecule has 2 atom stereocenters. The van der Waals surface area contributed by atoms with Gasteiger partial charge in [-0.3, -0.25) is 24.3 Å². The highest BCUT2D eigenvalue weighted by atomic mass is 35.5. The second-order valence-electron chi connectivity index (χ2n) is 7.63. The van der Waals surface area contributed by atoms with Gasteiger partial charge in [0.25, 0.3) is 11.2 Å². The third-order valence-electron chi connectivity index (χ3n) is 5.31. The third-order valence-corrected chi connectivity index (χ3v) is 6.73. The highest BCUT2D eigenvalue weighted by Gasteiger charge is 2.24. The fourth-order valence-corrected chi connectivity index (χ4v) is 4.64. The molecule has 0 radical (unpaired) electrons. The number of carbonyl (C=O) groups excluding carboxylic acids is 1. The number of nitro groups is 1. The molecule has 0 bridgehead atoms. The van der Waals surface area contributed by atoms with E-state index in [-0.39, 0.29) is 28.1 Å². The van der Waals surface area contributed by atoms with E-state index in [1.54, 1.807) is 35.8 Å². The number of para-hydroxylation sites is 1. The van der Waals surface area contributed by atoms with Gasteiger partial charge >= 0.3 is 0 Å². The molecule has 9 nitrogen and oxygen atoms in total. The van der Waals surface area contributed by atoms with Gasteiger partial charge in [-0.1, -0.05) is 35.5 Å². The largest absolute Gasteiger partial charge is 0.376 e. The Morgan fingerprint density at radius 1 is 1.39 bits per heavy atom. The van der Waals surface area contributed by atoms with Crippen LogP contribution in [0, 0.1) is 10.1 Å². The number of halogens is 1. The van der Waals surface area contributed by atoms with Crippen LogP contribution in [0.15, 0.2) is 52.4 Å². The predicted octanol–water partition coefficient (Wildman–Crippen LogP) is 4.26. The van der Waals surface area contributed by atoms with E-state index in [0.29, 0.717) is 29.2 Å². The highest BCUT2D eigenvalue weighted by Crippen LogP contribution is 2.29. The lowest BCUT2D eigenvalue weighted by atomic mass is 10.2. The number of ether oxygens (including phenoxy) is 1. The van der Waals surface area contributed by atoms with Gasteiger partial charge in [-0.15, -0.1) is 0 Å². The fraction of sp³-hybridized carbons (Fsp3) is 0.318. The van der Waals surface area contributed by atoms with E-state index in [4.69, 9.17) is 16.3 Å². The zero-order chi connectivity index (χ0) is 23.5. The summed E-state index contributed by atoms with van der Waals surface area (Å²) in [6.07, 6.45) is 1.70. The SMILES string of the molecule is CC(Sc1nc2ccccc2c(=O)n1CC1CCCO1)C(=O)Nc1cc([N+](=O)[O-])ccc1Cl. The van der Waals surface area contributed by atoms with Crippen molar-refractivity contribution in [3.8, 4) is 0 Å². The summed E-state index contributed by atoms with van der Waals surface area (Å²) in [7, 11) is 0. The van der Waals surface area contributed by atoms with Crippen LogP contribution < -0.4 is 10.9 Å². The molecule has 2 aromatic carbocycles. The number of rotatable bonds is 7. The molecule has 0 saturated carbocycles. The summed E-state index contributed by atoms with van der Waals surface area (Å²) in [5.41, 5.74) is 0.319. The van der Waals surface area contributed by atoms with Crippen LogP contribution in [0.3, 0.4) is 0 Å². The number of fused-ring (bicyclic) bond motifs is 1. The Kier molecular flexibility index (Phi) is 6.96. The summed E-state index contributed by atoms with van der Waals surface area (Å²) in [6.45, 7) is 2.68. The van der Waals surface area contributed by atoms with E-state index in [9.17, 15) is 19.7 Å². The molecule has 0 aliphatic carbocycles. The number of nitrogens with one attached hydrogen (secondary N) is 1. The summed E-state index contributed by atoms with van der Waals surface area (Å²) >= 11 is 7.23. The van der Waals surface area contributed by atoms with Crippen molar-refractivity contribution in [3.63, 3.8) is 0 Å². The molecule has 1 saturated heterocycles. The molecular formula is C22H21ClN4O5S. The van der Waals surface area contributed by atoms with E-state index in [1.807, 2.05) is 0 Å². The maximum absolute atomic E-state index is 13.2. The lowest BCUT2D eigenvalue weighted by Crippen LogP contribution is -2.30. The number of nitrogens with zero attached hydrogens (tertiary/aromatic N) is 3. The Morgan fingerprint density at radius 2 is 2.18 bits per heavy atom. The van der Waals surface area contributed by atoms with Gasteiger partial charge in [0.1, 0.15) is 0 Å². The van der Waals surface area contributed by atoms with E-state index in [1.165, 1.54) is 18.2 Å². The highest BCUT2D eigenvalue weighted by molar-refractivity contribution is 8.00. The first-order chi connectivity index (χ1) is 15.8. The summed E-state index contributed by atoms with van der Waals surface area (Å²) in [5.74, 6) is -0.423. The maximum atomic E-state index is 13.2. The summed E-state index contributed by atoms with van der Waals surface area (Å²) in [6, 6.07) is 10.9. The Labute approximate surface area is 198 Å². The Morgan fingerprint density at radius 3 is 2.91 bits per heavy atom. The third kappa shape index (κ3) is 5.18. The number of nitro benzene ring substituents is 1. The number of carbonyl (C=O) groups is 1. The molecule has 1 fully saturated rings. The number of thioether (sulfide) groups is 1. The summed E-state index contributed by atoms with van der Waals surface area (Å²) < 4.78 is 7.27. The zero-order valence-electron chi connectivity index (χ0n) is 17.7. The standard InChI is InChI=1S/C22H21ClN4O5S/c1-13(20(28)24-19-11-14(27(30)31)8-9-17(19)23)33-22-25-18-7-3-2-6-16(18)21(29)26(22)12-15-5-4-10-32-15/h2-3,6-9,11,13,15H,4-5,10,12H2,1H3,(H,24,28). The van der Waals surface area contributed by atoms with E-state index in [0.717, 1.165) is 24.6 Å². The minimum Gasteiger partial charge on any atom is -0.376 e. The first-order valence-electron chi connectivity index (χ1n) is 10.4. The molecule has 172 valence electrons. The van der Waals surface area contributed by atoms with Crippen molar-refractivity contribution in [2.45, 2.75) is 42.8 Å². The Bertz CT molecular complexity index is 1280.